The summed E-state index contributed by atoms with van der Waals surface area (Å²) in [7, 11) is 0. The van der Waals surface area contributed by atoms with E-state index in [0.29, 0.717) is 29.3 Å². The molecule has 0 radical (unpaired) electrons. The molecule has 8 heteroatoms. The molecule has 0 atom stereocenters. The number of para-hydroxylation sites is 2. The maximum Gasteiger partial charge on any atom is 0.330 e. The minimum atomic E-state index is -0.294. The second kappa shape index (κ2) is 8.15. The van der Waals surface area contributed by atoms with Gasteiger partial charge in [0.1, 0.15) is 12.4 Å². The number of hydrogen-bond donors (Lipinski definition) is 2. The lowest BCUT2D eigenvalue weighted by molar-refractivity contribution is 0.102. The van der Waals surface area contributed by atoms with Crippen molar-refractivity contribution in [2.75, 3.05) is 5.32 Å². The maximum atomic E-state index is 12.8. The van der Waals surface area contributed by atoms with E-state index in [9.17, 15) is 9.59 Å². The fourth-order valence-corrected chi connectivity index (χ4v) is 3.46. The summed E-state index contributed by atoms with van der Waals surface area (Å²) in [5.41, 5.74) is 4.66. The summed E-state index contributed by atoms with van der Waals surface area (Å²) in [5, 5.41) is 4.80. The Hall–Kier alpha value is -3.65. The van der Waals surface area contributed by atoms with Gasteiger partial charge in [-0.15, -0.1) is 11.3 Å². The Balaban J connectivity index is 1.55. The number of amides is 1. The van der Waals surface area contributed by atoms with Crippen LogP contribution in [0.5, 0.6) is 5.75 Å². The van der Waals surface area contributed by atoms with Crippen molar-refractivity contribution in [2.45, 2.75) is 13.5 Å². The largest absolute Gasteiger partial charge is 0.487 e. The van der Waals surface area contributed by atoms with Crippen LogP contribution >= 0.6 is 11.3 Å². The predicted octanol–water partition coefficient (Wildman–Crippen LogP) is 3.76. The molecule has 2 aromatic heterocycles. The quantitative estimate of drug-likeness (QED) is 0.510. The van der Waals surface area contributed by atoms with E-state index in [2.05, 4.69) is 15.3 Å². The van der Waals surface area contributed by atoms with Crippen molar-refractivity contribution >= 4 is 22.9 Å². The predicted molar refractivity (Wildman–Crippen MR) is 112 cm³/mol. The number of ether oxygens (including phenoxy) is 1. The molecule has 0 unspecified atom stereocenters. The van der Waals surface area contributed by atoms with E-state index in [0.717, 1.165) is 11.4 Å². The number of hydrogen-bond acceptors (Lipinski definition) is 5. The van der Waals surface area contributed by atoms with Gasteiger partial charge in [-0.3, -0.25) is 9.36 Å². The Kier molecular flexibility index (Phi) is 5.26. The van der Waals surface area contributed by atoms with Gasteiger partial charge in [0.2, 0.25) is 0 Å². The zero-order valence-electron chi connectivity index (χ0n) is 15.6. The van der Waals surface area contributed by atoms with Gasteiger partial charge < -0.3 is 15.0 Å². The molecule has 0 aliphatic heterocycles. The molecule has 2 aromatic carbocycles. The Bertz CT molecular complexity index is 1190. The molecule has 29 heavy (non-hydrogen) atoms. The molecule has 0 fully saturated rings. The van der Waals surface area contributed by atoms with Gasteiger partial charge in [0, 0.05) is 22.8 Å². The molecule has 2 heterocycles. The molecule has 1 amide bonds. The van der Waals surface area contributed by atoms with Crippen molar-refractivity contribution in [2.24, 2.45) is 0 Å². The van der Waals surface area contributed by atoms with Gasteiger partial charge in [-0.25, -0.2) is 9.78 Å². The van der Waals surface area contributed by atoms with Crippen molar-refractivity contribution in [3.05, 3.63) is 93.1 Å². The summed E-state index contributed by atoms with van der Waals surface area (Å²) in [5.74, 6) is 0.287. The number of imidazole rings is 1. The van der Waals surface area contributed by atoms with Crippen molar-refractivity contribution in [1.29, 1.82) is 0 Å². The number of H-pyrrole nitrogens is 1. The Morgan fingerprint density at radius 3 is 2.86 bits per heavy atom. The molecule has 2 N–H and O–H groups in total. The molecule has 7 nitrogen and oxygen atoms in total. The average molecular weight is 406 g/mol. The molecule has 146 valence electrons. The van der Waals surface area contributed by atoms with Gasteiger partial charge in [0.25, 0.3) is 5.91 Å². The van der Waals surface area contributed by atoms with Crippen molar-refractivity contribution in [1.82, 2.24) is 14.5 Å². The number of aryl methyl sites for hydroxylation is 1. The summed E-state index contributed by atoms with van der Waals surface area (Å²) in [4.78, 5) is 31.8. The second-order valence-corrected chi connectivity index (χ2v) is 7.06. The number of rotatable bonds is 6. The fourth-order valence-electron chi connectivity index (χ4n) is 2.92. The van der Waals surface area contributed by atoms with Crippen LogP contribution in [0.25, 0.3) is 5.69 Å². The Morgan fingerprint density at radius 2 is 2.10 bits per heavy atom. The third-order valence-electron chi connectivity index (χ3n) is 4.32. The molecule has 0 aliphatic rings. The Morgan fingerprint density at radius 1 is 1.24 bits per heavy atom. The Labute approximate surface area is 170 Å². The highest BCUT2D eigenvalue weighted by molar-refractivity contribution is 7.07. The normalized spacial score (nSPS) is 10.7. The first-order chi connectivity index (χ1) is 14.1. The molecule has 0 saturated heterocycles. The number of benzene rings is 2. The van der Waals surface area contributed by atoms with Crippen LogP contribution in [0.2, 0.25) is 0 Å². The number of aromatic amines is 1. The smallest absolute Gasteiger partial charge is 0.330 e. The number of carbonyl (C=O) groups excluding carboxylic acids is 1. The second-order valence-electron chi connectivity index (χ2n) is 6.34. The van der Waals surface area contributed by atoms with Gasteiger partial charge >= 0.3 is 5.69 Å². The highest BCUT2D eigenvalue weighted by atomic mass is 32.1. The van der Waals surface area contributed by atoms with Crippen LogP contribution in [0, 0.1) is 6.92 Å². The third kappa shape index (κ3) is 4.12. The number of thiazole rings is 1. The van der Waals surface area contributed by atoms with Crippen LogP contribution in [0.4, 0.5) is 5.69 Å². The van der Waals surface area contributed by atoms with Gasteiger partial charge in [0.05, 0.1) is 22.6 Å². The number of carbonyl (C=O) groups is 1. The zero-order valence-corrected chi connectivity index (χ0v) is 16.4. The van der Waals surface area contributed by atoms with E-state index in [1.165, 1.54) is 15.9 Å². The first-order valence-electron chi connectivity index (χ1n) is 8.89. The van der Waals surface area contributed by atoms with E-state index in [4.69, 9.17) is 4.74 Å². The monoisotopic (exact) mass is 406 g/mol. The van der Waals surface area contributed by atoms with Crippen molar-refractivity contribution in [3.63, 3.8) is 0 Å². The van der Waals surface area contributed by atoms with Crippen LogP contribution in [-0.4, -0.2) is 20.4 Å². The van der Waals surface area contributed by atoms with E-state index >= 15 is 0 Å². The first-order valence-corrected chi connectivity index (χ1v) is 9.84. The molecular weight excluding hydrogens is 388 g/mol. The lowest BCUT2D eigenvalue weighted by atomic mass is 10.2. The van der Waals surface area contributed by atoms with E-state index < -0.39 is 0 Å². The minimum Gasteiger partial charge on any atom is -0.487 e. The molecule has 0 spiro atoms. The van der Waals surface area contributed by atoms with Crippen LogP contribution in [-0.2, 0) is 6.61 Å². The first kappa shape index (κ1) is 18.7. The molecule has 0 aliphatic carbocycles. The SMILES string of the molecule is Cc1c[nH]c(=O)n1-c1ccccc1NC(=O)c1cccc(OCc2cscn2)c1. The lowest BCUT2D eigenvalue weighted by Gasteiger charge is -2.13. The highest BCUT2D eigenvalue weighted by Gasteiger charge is 2.13. The van der Waals surface area contributed by atoms with Crippen LogP contribution in [0.15, 0.2) is 70.4 Å². The van der Waals surface area contributed by atoms with Gasteiger partial charge in [-0.2, -0.15) is 0 Å². The van der Waals surface area contributed by atoms with E-state index in [-0.39, 0.29) is 11.6 Å². The number of nitrogens with one attached hydrogen (secondary N) is 2. The van der Waals surface area contributed by atoms with Crippen molar-refractivity contribution in [3.8, 4) is 11.4 Å². The number of nitrogens with zero attached hydrogens (tertiary/aromatic N) is 2. The average Bonchev–Trinajstić information content (AvgIpc) is 3.37. The number of anilines is 1. The summed E-state index contributed by atoms with van der Waals surface area (Å²) >= 11 is 1.50. The van der Waals surface area contributed by atoms with E-state index in [1.54, 1.807) is 54.2 Å². The lowest BCUT2D eigenvalue weighted by Crippen LogP contribution is -2.19. The highest BCUT2D eigenvalue weighted by Crippen LogP contribution is 2.22. The van der Waals surface area contributed by atoms with Gasteiger partial charge in [-0.1, -0.05) is 18.2 Å². The summed E-state index contributed by atoms with van der Waals surface area (Å²) in [6, 6.07) is 14.1. The molecule has 4 aromatic rings. The van der Waals surface area contributed by atoms with E-state index in [1.807, 2.05) is 18.4 Å². The number of aromatic nitrogens is 3. The summed E-state index contributed by atoms with van der Waals surface area (Å²) in [6.07, 6.45) is 1.63. The molecule has 4 rings (SSSR count). The minimum absolute atomic E-state index is 0.262. The summed E-state index contributed by atoms with van der Waals surface area (Å²) < 4.78 is 7.24. The fraction of sp³-hybridized carbons (Fsp3) is 0.0952. The van der Waals surface area contributed by atoms with Gasteiger partial charge in [0.15, 0.2) is 0 Å². The molecule has 0 bridgehead atoms. The topological polar surface area (TPSA) is 89.0 Å². The van der Waals surface area contributed by atoms with Crippen LogP contribution < -0.4 is 15.7 Å². The summed E-state index contributed by atoms with van der Waals surface area (Å²) in [6.45, 7) is 2.16. The standard InChI is InChI=1S/C21H18N4O3S/c1-14-10-22-21(27)25(14)19-8-3-2-7-18(19)24-20(26)15-5-4-6-17(9-15)28-11-16-12-29-13-23-16/h2-10,12-13H,11H2,1H3,(H,22,27)(H,24,26). The molecular formula is C21H18N4O3S. The van der Waals surface area contributed by atoms with Crippen LogP contribution in [0.3, 0.4) is 0 Å². The molecule has 0 saturated carbocycles. The maximum absolute atomic E-state index is 12.8. The zero-order chi connectivity index (χ0) is 20.2. The third-order valence-corrected chi connectivity index (χ3v) is 4.96. The van der Waals surface area contributed by atoms with Crippen molar-refractivity contribution < 1.29 is 9.53 Å². The van der Waals surface area contributed by atoms with Gasteiger partial charge in [-0.05, 0) is 37.3 Å². The van der Waals surface area contributed by atoms with Crippen LogP contribution in [0.1, 0.15) is 21.7 Å².